The fraction of sp³-hybridized carbons (Fsp3) is 0.526. The van der Waals surface area contributed by atoms with Crippen molar-refractivity contribution >= 4 is 17.7 Å². The van der Waals surface area contributed by atoms with Crippen LogP contribution in [0.1, 0.15) is 44.2 Å². The predicted molar refractivity (Wildman–Crippen MR) is 99.4 cm³/mol. The molecule has 7 nitrogen and oxygen atoms in total. The lowest BCUT2D eigenvalue weighted by molar-refractivity contribution is -0.131. The van der Waals surface area contributed by atoms with Gasteiger partial charge in [-0.3, -0.25) is 14.4 Å². The van der Waals surface area contributed by atoms with Gasteiger partial charge in [0.25, 0.3) is 0 Å². The van der Waals surface area contributed by atoms with Crippen LogP contribution in [-0.4, -0.2) is 35.4 Å². The van der Waals surface area contributed by atoms with Gasteiger partial charge < -0.3 is 21.5 Å². The summed E-state index contributed by atoms with van der Waals surface area (Å²) in [7, 11) is 0. The maximum absolute atomic E-state index is 12.4. The van der Waals surface area contributed by atoms with Gasteiger partial charge in [0.15, 0.2) is 0 Å². The van der Waals surface area contributed by atoms with Crippen molar-refractivity contribution < 1.29 is 19.5 Å². The van der Waals surface area contributed by atoms with Crippen molar-refractivity contribution in [2.45, 2.75) is 52.5 Å². The number of nitrogens with two attached hydrogens (primary N) is 1. The molecule has 1 rings (SSSR count). The van der Waals surface area contributed by atoms with Gasteiger partial charge in [0.1, 0.15) is 11.8 Å². The highest BCUT2D eigenvalue weighted by molar-refractivity contribution is 5.88. The van der Waals surface area contributed by atoms with Crippen LogP contribution in [0.4, 0.5) is 0 Å². The van der Waals surface area contributed by atoms with E-state index in [1.807, 2.05) is 19.1 Å². The molecule has 0 aromatic heterocycles. The Balaban J connectivity index is 2.61. The van der Waals surface area contributed by atoms with Gasteiger partial charge in [0.05, 0.1) is 0 Å². The van der Waals surface area contributed by atoms with E-state index >= 15 is 0 Å². The summed E-state index contributed by atoms with van der Waals surface area (Å²) >= 11 is 0. The number of aryl methyl sites for hydroxylation is 2. The molecule has 0 aliphatic heterocycles. The molecule has 0 saturated carbocycles. The average molecular weight is 363 g/mol. The Morgan fingerprint density at radius 2 is 1.88 bits per heavy atom. The Kier molecular flexibility index (Phi) is 8.61. The van der Waals surface area contributed by atoms with Crippen LogP contribution in [0.3, 0.4) is 0 Å². The van der Waals surface area contributed by atoms with E-state index in [9.17, 15) is 19.5 Å². The molecule has 26 heavy (non-hydrogen) atoms. The number of likely N-dealkylation sites (N-methyl/N-ethyl adjacent to an activating group) is 1. The number of carbonyl (C=O) groups is 3. The molecule has 0 fully saturated rings. The molecule has 0 heterocycles. The number of primary amides is 1. The third-order valence-corrected chi connectivity index (χ3v) is 4.24. The Morgan fingerprint density at radius 3 is 2.46 bits per heavy atom. The second-order valence-corrected chi connectivity index (χ2v) is 6.52. The van der Waals surface area contributed by atoms with Crippen LogP contribution >= 0.6 is 0 Å². The van der Waals surface area contributed by atoms with Crippen LogP contribution in [0.5, 0.6) is 5.75 Å². The van der Waals surface area contributed by atoms with E-state index in [1.165, 1.54) is 0 Å². The summed E-state index contributed by atoms with van der Waals surface area (Å²) in [6, 6.07) is 4.60. The quantitative estimate of drug-likeness (QED) is 0.498. The Hall–Kier alpha value is -2.57. The standard InChI is InChI=1S/C19H29N3O4/c1-4-21-19(26)15(8-10-17(20)24)22-18(25)12(2)5-6-14-7-9-16(23)13(3)11-14/h7,9,11-12,15,23H,4-6,8,10H2,1-3H3,(H2,20,24)(H,21,26)(H,22,25)/t12-,15-/m0/s1. The fourth-order valence-electron chi connectivity index (χ4n) is 2.55. The van der Waals surface area contributed by atoms with Gasteiger partial charge in [-0.05, 0) is 50.3 Å². The number of amides is 3. The minimum atomic E-state index is -0.770. The molecule has 3 amide bonds. The summed E-state index contributed by atoms with van der Waals surface area (Å²) in [5.74, 6) is -1.11. The minimum Gasteiger partial charge on any atom is -0.508 e. The fourth-order valence-corrected chi connectivity index (χ4v) is 2.55. The summed E-state index contributed by atoms with van der Waals surface area (Å²) < 4.78 is 0. The van der Waals surface area contributed by atoms with Crippen molar-refractivity contribution in [3.8, 4) is 5.75 Å². The molecule has 5 N–H and O–H groups in total. The first kappa shape index (κ1) is 21.5. The second-order valence-electron chi connectivity index (χ2n) is 6.52. The van der Waals surface area contributed by atoms with Crippen molar-refractivity contribution in [2.75, 3.05) is 6.54 Å². The van der Waals surface area contributed by atoms with Crippen molar-refractivity contribution in [1.29, 1.82) is 0 Å². The Morgan fingerprint density at radius 1 is 1.19 bits per heavy atom. The topological polar surface area (TPSA) is 122 Å². The smallest absolute Gasteiger partial charge is 0.242 e. The number of benzene rings is 1. The zero-order valence-corrected chi connectivity index (χ0v) is 15.7. The number of rotatable bonds is 10. The highest BCUT2D eigenvalue weighted by Gasteiger charge is 2.23. The van der Waals surface area contributed by atoms with Crippen molar-refractivity contribution in [1.82, 2.24) is 10.6 Å². The average Bonchev–Trinajstić information content (AvgIpc) is 2.59. The van der Waals surface area contributed by atoms with Crippen molar-refractivity contribution in [3.05, 3.63) is 29.3 Å². The van der Waals surface area contributed by atoms with E-state index in [0.717, 1.165) is 11.1 Å². The van der Waals surface area contributed by atoms with Gasteiger partial charge in [-0.25, -0.2) is 0 Å². The molecule has 0 aliphatic rings. The molecule has 1 aromatic rings. The highest BCUT2D eigenvalue weighted by Crippen LogP contribution is 2.19. The summed E-state index contributed by atoms with van der Waals surface area (Å²) in [5, 5.41) is 14.9. The largest absolute Gasteiger partial charge is 0.508 e. The zero-order valence-electron chi connectivity index (χ0n) is 15.7. The summed E-state index contributed by atoms with van der Waals surface area (Å²) in [6.07, 6.45) is 1.50. The van der Waals surface area contributed by atoms with Gasteiger partial charge in [0, 0.05) is 18.9 Å². The van der Waals surface area contributed by atoms with Crippen LogP contribution in [0.25, 0.3) is 0 Å². The van der Waals surface area contributed by atoms with Crippen LogP contribution in [0.15, 0.2) is 18.2 Å². The maximum atomic E-state index is 12.4. The van der Waals surface area contributed by atoms with Gasteiger partial charge in [0.2, 0.25) is 17.7 Å². The minimum absolute atomic E-state index is 0.0310. The monoisotopic (exact) mass is 363 g/mol. The molecule has 7 heteroatoms. The molecular formula is C19H29N3O4. The first-order valence-electron chi connectivity index (χ1n) is 8.89. The lowest BCUT2D eigenvalue weighted by Crippen LogP contribution is -2.48. The summed E-state index contributed by atoms with van der Waals surface area (Å²) in [4.78, 5) is 35.4. The lowest BCUT2D eigenvalue weighted by Gasteiger charge is -2.20. The molecule has 0 saturated heterocycles. The van der Waals surface area contributed by atoms with E-state index in [4.69, 9.17) is 5.73 Å². The van der Waals surface area contributed by atoms with Gasteiger partial charge >= 0.3 is 0 Å². The normalized spacial score (nSPS) is 12.9. The second kappa shape index (κ2) is 10.4. The Bertz CT molecular complexity index is 646. The first-order chi connectivity index (χ1) is 12.2. The van der Waals surface area contributed by atoms with Gasteiger partial charge in [-0.2, -0.15) is 0 Å². The lowest BCUT2D eigenvalue weighted by atomic mass is 9.98. The SMILES string of the molecule is CCNC(=O)[C@H](CCC(N)=O)NC(=O)[C@@H](C)CCc1ccc(O)c(C)c1. The van der Waals surface area contributed by atoms with E-state index in [-0.39, 0.29) is 36.3 Å². The molecule has 0 aliphatic carbocycles. The zero-order chi connectivity index (χ0) is 19.7. The number of hydrogen-bond donors (Lipinski definition) is 4. The number of phenols is 1. The summed E-state index contributed by atoms with van der Waals surface area (Å²) in [5.41, 5.74) is 6.97. The number of phenolic OH excluding ortho intramolecular Hbond substituents is 1. The molecule has 0 bridgehead atoms. The molecule has 0 unspecified atom stereocenters. The third-order valence-electron chi connectivity index (χ3n) is 4.24. The molecular weight excluding hydrogens is 334 g/mol. The van der Waals surface area contributed by atoms with Crippen LogP contribution < -0.4 is 16.4 Å². The first-order valence-corrected chi connectivity index (χ1v) is 8.89. The predicted octanol–water partition coefficient (Wildman–Crippen LogP) is 1.16. The van der Waals surface area contributed by atoms with E-state index in [2.05, 4.69) is 10.6 Å². The van der Waals surface area contributed by atoms with Crippen LogP contribution in [-0.2, 0) is 20.8 Å². The third kappa shape index (κ3) is 7.13. The number of hydrogen-bond acceptors (Lipinski definition) is 4. The molecule has 144 valence electrons. The van der Waals surface area contributed by atoms with E-state index < -0.39 is 11.9 Å². The van der Waals surface area contributed by atoms with Gasteiger partial charge in [-0.1, -0.05) is 19.1 Å². The van der Waals surface area contributed by atoms with Crippen LogP contribution in [0, 0.1) is 12.8 Å². The van der Waals surface area contributed by atoms with E-state index in [0.29, 0.717) is 19.4 Å². The Labute approximate surface area is 154 Å². The van der Waals surface area contributed by atoms with Gasteiger partial charge in [-0.15, -0.1) is 0 Å². The molecule has 0 spiro atoms. The van der Waals surface area contributed by atoms with E-state index in [1.54, 1.807) is 19.9 Å². The highest BCUT2D eigenvalue weighted by atomic mass is 16.3. The number of carbonyl (C=O) groups excluding carboxylic acids is 3. The van der Waals surface area contributed by atoms with Crippen molar-refractivity contribution in [3.63, 3.8) is 0 Å². The summed E-state index contributed by atoms with van der Waals surface area (Å²) in [6.45, 7) is 5.85. The number of nitrogens with one attached hydrogen (secondary N) is 2. The number of aromatic hydroxyl groups is 1. The molecule has 0 radical (unpaired) electrons. The van der Waals surface area contributed by atoms with Crippen LogP contribution in [0.2, 0.25) is 0 Å². The van der Waals surface area contributed by atoms with Crippen molar-refractivity contribution in [2.24, 2.45) is 11.7 Å². The molecule has 2 atom stereocenters. The maximum Gasteiger partial charge on any atom is 0.242 e. The molecule has 1 aromatic carbocycles.